The van der Waals surface area contributed by atoms with Crippen molar-refractivity contribution in [3.8, 4) is 5.75 Å². The predicted molar refractivity (Wildman–Crippen MR) is 102 cm³/mol. The third kappa shape index (κ3) is 4.82. The molecule has 1 saturated heterocycles. The van der Waals surface area contributed by atoms with Gasteiger partial charge in [0.15, 0.2) is 5.13 Å². The summed E-state index contributed by atoms with van der Waals surface area (Å²) in [5.74, 6) is -0.0714. The lowest BCUT2D eigenvalue weighted by molar-refractivity contribution is -0.122. The first-order valence-corrected chi connectivity index (χ1v) is 9.31. The minimum absolute atomic E-state index is 0.0730. The van der Waals surface area contributed by atoms with Crippen LogP contribution in [0.1, 0.15) is 24.1 Å². The molecule has 27 heavy (non-hydrogen) atoms. The second kappa shape index (κ2) is 8.17. The number of thiazole rings is 1. The molecular formula is C18H20N4O4S. The lowest BCUT2D eigenvalue weighted by Crippen LogP contribution is -2.37. The van der Waals surface area contributed by atoms with Crippen molar-refractivity contribution in [3.05, 3.63) is 34.8 Å². The molecule has 0 spiro atoms. The van der Waals surface area contributed by atoms with E-state index >= 15 is 0 Å². The van der Waals surface area contributed by atoms with E-state index in [2.05, 4.69) is 20.9 Å². The SMILES string of the molecule is COc1ccc(C)cc1NC(=O)Cc1csc(NC(=O)[C@@H]2CCC(=O)N2)n1. The summed E-state index contributed by atoms with van der Waals surface area (Å²) in [5, 5.41) is 10.2. The van der Waals surface area contributed by atoms with Gasteiger partial charge in [0.2, 0.25) is 17.7 Å². The Kier molecular flexibility index (Phi) is 5.70. The first kappa shape index (κ1) is 18.8. The van der Waals surface area contributed by atoms with Crippen molar-refractivity contribution in [2.45, 2.75) is 32.2 Å². The molecule has 142 valence electrons. The van der Waals surface area contributed by atoms with Gasteiger partial charge in [0.1, 0.15) is 11.8 Å². The Morgan fingerprint density at radius 2 is 2.19 bits per heavy atom. The fraction of sp³-hybridized carbons (Fsp3) is 0.333. The number of methoxy groups -OCH3 is 1. The summed E-state index contributed by atoms with van der Waals surface area (Å²) in [6.07, 6.45) is 0.900. The van der Waals surface area contributed by atoms with Crippen LogP contribution in [0.2, 0.25) is 0 Å². The van der Waals surface area contributed by atoms with Crippen molar-refractivity contribution in [1.82, 2.24) is 10.3 Å². The molecule has 1 aliphatic heterocycles. The summed E-state index contributed by atoms with van der Waals surface area (Å²) in [4.78, 5) is 39.8. The molecule has 1 atom stereocenters. The molecule has 8 nitrogen and oxygen atoms in total. The summed E-state index contributed by atoms with van der Waals surface area (Å²) in [6, 6.07) is 5.00. The van der Waals surface area contributed by atoms with Gasteiger partial charge in [-0.3, -0.25) is 14.4 Å². The van der Waals surface area contributed by atoms with Gasteiger partial charge in [-0.15, -0.1) is 11.3 Å². The van der Waals surface area contributed by atoms with Crippen molar-refractivity contribution in [3.63, 3.8) is 0 Å². The number of aromatic nitrogens is 1. The Labute approximate surface area is 160 Å². The number of ether oxygens (including phenoxy) is 1. The van der Waals surface area contributed by atoms with Crippen LogP contribution in [-0.4, -0.2) is 35.9 Å². The highest BCUT2D eigenvalue weighted by Gasteiger charge is 2.27. The van der Waals surface area contributed by atoms with Gasteiger partial charge in [0.05, 0.1) is 24.9 Å². The Bertz CT molecular complexity index is 880. The maximum Gasteiger partial charge on any atom is 0.248 e. The van der Waals surface area contributed by atoms with Crippen LogP contribution in [0.3, 0.4) is 0 Å². The summed E-state index contributed by atoms with van der Waals surface area (Å²) in [5.41, 5.74) is 2.15. The first-order chi connectivity index (χ1) is 12.9. The Morgan fingerprint density at radius 1 is 1.37 bits per heavy atom. The minimum atomic E-state index is -0.526. The molecule has 1 aromatic carbocycles. The fourth-order valence-corrected chi connectivity index (χ4v) is 3.44. The minimum Gasteiger partial charge on any atom is -0.495 e. The molecule has 0 unspecified atom stereocenters. The van der Waals surface area contributed by atoms with Crippen LogP contribution in [0.15, 0.2) is 23.6 Å². The zero-order valence-electron chi connectivity index (χ0n) is 15.0. The summed E-state index contributed by atoms with van der Waals surface area (Å²) in [7, 11) is 1.54. The smallest absolute Gasteiger partial charge is 0.248 e. The zero-order valence-corrected chi connectivity index (χ0v) is 15.8. The fourth-order valence-electron chi connectivity index (χ4n) is 2.73. The van der Waals surface area contributed by atoms with E-state index in [1.165, 1.54) is 11.3 Å². The first-order valence-electron chi connectivity index (χ1n) is 8.43. The highest BCUT2D eigenvalue weighted by molar-refractivity contribution is 7.13. The van der Waals surface area contributed by atoms with Crippen molar-refractivity contribution in [1.29, 1.82) is 0 Å². The van der Waals surface area contributed by atoms with Crippen molar-refractivity contribution < 1.29 is 19.1 Å². The van der Waals surface area contributed by atoms with Crippen LogP contribution in [-0.2, 0) is 20.8 Å². The normalized spacial score (nSPS) is 15.9. The number of aryl methyl sites for hydroxylation is 1. The molecule has 0 radical (unpaired) electrons. The number of nitrogens with one attached hydrogen (secondary N) is 3. The second-order valence-corrected chi connectivity index (χ2v) is 7.08. The number of carbonyl (C=O) groups excluding carboxylic acids is 3. The number of hydrogen-bond donors (Lipinski definition) is 3. The van der Waals surface area contributed by atoms with Crippen LogP contribution in [0, 0.1) is 6.92 Å². The largest absolute Gasteiger partial charge is 0.495 e. The van der Waals surface area contributed by atoms with E-state index < -0.39 is 6.04 Å². The van der Waals surface area contributed by atoms with Crippen molar-refractivity contribution >= 4 is 39.9 Å². The van der Waals surface area contributed by atoms with E-state index in [9.17, 15) is 14.4 Å². The second-order valence-electron chi connectivity index (χ2n) is 6.22. The van der Waals surface area contributed by atoms with E-state index in [4.69, 9.17) is 4.74 Å². The predicted octanol–water partition coefficient (Wildman–Crippen LogP) is 1.86. The van der Waals surface area contributed by atoms with Gasteiger partial charge in [-0.2, -0.15) is 0 Å². The van der Waals surface area contributed by atoms with E-state index in [0.29, 0.717) is 35.1 Å². The van der Waals surface area contributed by atoms with Gasteiger partial charge < -0.3 is 20.7 Å². The third-order valence-electron chi connectivity index (χ3n) is 4.06. The summed E-state index contributed by atoms with van der Waals surface area (Å²) < 4.78 is 5.25. The van der Waals surface area contributed by atoms with Gasteiger partial charge >= 0.3 is 0 Å². The Morgan fingerprint density at radius 3 is 2.89 bits per heavy atom. The number of nitrogens with zero attached hydrogens (tertiary/aromatic N) is 1. The number of anilines is 2. The highest BCUT2D eigenvalue weighted by atomic mass is 32.1. The third-order valence-corrected chi connectivity index (χ3v) is 4.87. The van der Waals surface area contributed by atoms with Crippen LogP contribution < -0.4 is 20.7 Å². The quantitative estimate of drug-likeness (QED) is 0.700. The van der Waals surface area contributed by atoms with Gasteiger partial charge in [-0.25, -0.2) is 4.98 Å². The monoisotopic (exact) mass is 388 g/mol. The maximum absolute atomic E-state index is 12.3. The van der Waals surface area contributed by atoms with Crippen molar-refractivity contribution in [2.24, 2.45) is 0 Å². The van der Waals surface area contributed by atoms with Crippen LogP contribution in [0.5, 0.6) is 5.75 Å². The number of amides is 3. The molecule has 0 bridgehead atoms. The highest BCUT2D eigenvalue weighted by Crippen LogP contribution is 2.25. The van der Waals surface area contributed by atoms with Gasteiger partial charge in [0, 0.05) is 11.8 Å². The molecular weight excluding hydrogens is 368 g/mol. The molecule has 9 heteroatoms. The van der Waals surface area contributed by atoms with Crippen LogP contribution in [0.4, 0.5) is 10.8 Å². The molecule has 2 heterocycles. The maximum atomic E-state index is 12.3. The molecule has 3 rings (SSSR count). The summed E-state index contributed by atoms with van der Waals surface area (Å²) in [6.45, 7) is 1.93. The topological polar surface area (TPSA) is 109 Å². The Balaban J connectivity index is 1.57. The molecule has 1 aromatic heterocycles. The van der Waals surface area contributed by atoms with E-state index in [-0.39, 0.29) is 24.1 Å². The number of hydrogen-bond acceptors (Lipinski definition) is 6. The summed E-state index contributed by atoms with van der Waals surface area (Å²) >= 11 is 1.24. The Hall–Kier alpha value is -2.94. The molecule has 1 fully saturated rings. The molecule has 2 aromatic rings. The molecule has 3 amide bonds. The molecule has 3 N–H and O–H groups in total. The van der Waals surface area contributed by atoms with Gasteiger partial charge in [-0.05, 0) is 31.0 Å². The standard InChI is InChI=1S/C18H20N4O4S/c1-10-3-5-14(26-2)13(7-10)21-16(24)8-11-9-27-18(19-11)22-17(25)12-4-6-15(23)20-12/h3,5,7,9,12H,4,6,8H2,1-2H3,(H,20,23)(H,21,24)(H,19,22,25)/t12-/m0/s1. The lowest BCUT2D eigenvalue weighted by atomic mass is 10.2. The van der Waals surface area contributed by atoms with Gasteiger partial charge in [-0.1, -0.05) is 6.07 Å². The number of rotatable bonds is 6. The molecule has 1 aliphatic rings. The molecule has 0 saturated carbocycles. The van der Waals surface area contributed by atoms with E-state index in [1.807, 2.05) is 19.1 Å². The average molecular weight is 388 g/mol. The van der Waals surface area contributed by atoms with Crippen molar-refractivity contribution in [2.75, 3.05) is 17.7 Å². The van der Waals surface area contributed by atoms with Gasteiger partial charge in [0.25, 0.3) is 0 Å². The van der Waals surface area contributed by atoms with Crippen LogP contribution in [0.25, 0.3) is 0 Å². The van der Waals surface area contributed by atoms with E-state index in [0.717, 1.165) is 5.56 Å². The molecule has 0 aliphatic carbocycles. The van der Waals surface area contributed by atoms with Crippen LogP contribution >= 0.6 is 11.3 Å². The lowest BCUT2D eigenvalue weighted by Gasteiger charge is -2.10. The number of carbonyl (C=O) groups is 3. The van der Waals surface area contributed by atoms with E-state index in [1.54, 1.807) is 18.6 Å². The zero-order chi connectivity index (χ0) is 19.4. The average Bonchev–Trinajstić information content (AvgIpc) is 3.24. The number of benzene rings is 1.